The molecule has 0 saturated heterocycles. The predicted molar refractivity (Wildman–Crippen MR) is 112 cm³/mol. The Kier molecular flexibility index (Phi) is 5.24. The van der Waals surface area contributed by atoms with Crippen molar-refractivity contribution in [3.63, 3.8) is 0 Å². The molecule has 0 radical (unpaired) electrons. The summed E-state index contributed by atoms with van der Waals surface area (Å²) in [6.07, 6.45) is -0.508. The molecule has 0 aliphatic carbocycles. The van der Waals surface area contributed by atoms with Crippen molar-refractivity contribution in [1.82, 2.24) is 20.3 Å². The van der Waals surface area contributed by atoms with Gasteiger partial charge in [-0.2, -0.15) is 0 Å². The van der Waals surface area contributed by atoms with Crippen LogP contribution in [0, 0.1) is 6.92 Å². The minimum Gasteiger partial charge on any atom is -0.494 e. The van der Waals surface area contributed by atoms with Crippen molar-refractivity contribution in [2.45, 2.75) is 20.0 Å². The Balaban J connectivity index is 1.72. The third-order valence-electron chi connectivity index (χ3n) is 4.71. The molecule has 1 aromatic heterocycles. The van der Waals surface area contributed by atoms with Crippen molar-refractivity contribution in [3.8, 4) is 5.75 Å². The molecule has 6 heteroatoms. The number of amides is 1. The second kappa shape index (κ2) is 8.14. The summed E-state index contributed by atoms with van der Waals surface area (Å²) in [5, 5.41) is 11.6. The molecule has 0 unspecified atom stereocenters. The lowest BCUT2D eigenvalue weighted by molar-refractivity contribution is 0.0927. The third kappa shape index (κ3) is 3.96. The van der Waals surface area contributed by atoms with E-state index in [9.17, 15) is 4.79 Å². The van der Waals surface area contributed by atoms with E-state index in [-0.39, 0.29) is 5.91 Å². The Morgan fingerprint density at radius 3 is 2.48 bits per heavy atom. The molecule has 29 heavy (non-hydrogen) atoms. The lowest BCUT2D eigenvalue weighted by Crippen LogP contribution is -2.34. The molecule has 0 saturated carbocycles. The monoisotopic (exact) mass is 386 g/mol. The van der Waals surface area contributed by atoms with Gasteiger partial charge in [-0.1, -0.05) is 47.2 Å². The predicted octanol–water partition coefficient (Wildman–Crippen LogP) is 4.12. The maximum absolute atomic E-state index is 12.9. The largest absolute Gasteiger partial charge is 0.494 e. The smallest absolute Gasteiger partial charge is 0.253 e. The molecule has 3 aromatic carbocycles. The molecule has 4 aromatic rings. The van der Waals surface area contributed by atoms with Crippen LogP contribution in [-0.2, 0) is 0 Å². The number of aryl methyl sites for hydroxylation is 1. The van der Waals surface area contributed by atoms with Crippen molar-refractivity contribution in [3.05, 3.63) is 89.5 Å². The lowest BCUT2D eigenvalue weighted by Gasteiger charge is -2.20. The van der Waals surface area contributed by atoms with Gasteiger partial charge < -0.3 is 10.1 Å². The van der Waals surface area contributed by atoms with E-state index < -0.39 is 6.17 Å². The number of nitrogens with zero attached hydrogens (tertiary/aromatic N) is 3. The second-order valence-corrected chi connectivity index (χ2v) is 6.77. The first kappa shape index (κ1) is 18.7. The maximum Gasteiger partial charge on any atom is 0.253 e. The topological polar surface area (TPSA) is 69.0 Å². The lowest BCUT2D eigenvalue weighted by atomic mass is 10.1. The van der Waals surface area contributed by atoms with E-state index >= 15 is 0 Å². The fourth-order valence-electron chi connectivity index (χ4n) is 3.19. The van der Waals surface area contributed by atoms with Crippen LogP contribution in [0.3, 0.4) is 0 Å². The highest BCUT2D eigenvalue weighted by molar-refractivity contribution is 5.94. The quantitative estimate of drug-likeness (QED) is 0.541. The van der Waals surface area contributed by atoms with Crippen LogP contribution in [0.4, 0.5) is 0 Å². The Hall–Kier alpha value is -3.67. The molecule has 1 atom stereocenters. The first-order valence-corrected chi connectivity index (χ1v) is 9.56. The number of carbonyl (C=O) groups is 1. The van der Waals surface area contributed by atoms with Gasteiger partial charge >= 0.3 is 0 Å². The number of rotatable bonds is 6. The number of carbonyl (C=O) groups excluding carboxylic acids is 1. The van der Waals surface area contributed by atoms with E-state index in [2.05, 4.69) is 15.6 Å². The third-order valence-corrected chi connectivity index (χ3v) is 4.71. The summed E-state index contributed by atoms with van der Waals surface area (Å²) in [5.41, 5.74) is 4.19. The summed E-state index contributed by atoms with van der Waals surface area (Å²) in [6.45, 7) is 4.53. The summed E-state index contributed by atoms with van der Waals surface area (Å²) >= 11 is 0. The summed E-state index contributed by atoms with van der Waals surface area (Å²) in [7, 11) is 0. The Labute approximate surface area is 169 Å². The molecule has 1 amide bonds. The minimum absolute atomic E-state index is 0.177. The van der Waals surface area contributed by atoms with Gasteiger partial charge in [-0.3, -0.25) is 4.79 Å². The Morgan fingerprint density at radius 1 is 1.03 bits per heavy atom. The van der Waals surface area contributed by atoms with E-state index in [1.165, 1.54) is 0 Å². The standard InChI is InChI=1S/C23H22N4O2/c1-3-29-19-14-12-17(13-15-19)22(24-23(28)18-10-8-16(2)9-11-18)27-21-7-5-4-6-20(21)25-26-27/h4-15,22H,3H2,1-2H3,(H,24,28)/t22-/m1/s1. The van der Waals surface area contributed by atoms with Crippen LogP contribution in [0.15, 0.2) is 72.8 Å². The van der Waals surface area contributed by atoms with Gasteiger partial charge in [0.15, 0.2) is 6.17 Å². The SMILES string of the molecule is CCOc1ccc([C@H](NC(=O)c2ccc(C)cc2)n2nnc3ccccc32)cc1. The first-order valence-electron chi connectivity index (χ1n) is 9.56. The van der Waals surface area contributed by atoms with Crippen LogP contribution < -0.4 is 10.1 Å². The molecule has 146 valence electrons. The molecule has 0 fully saturated rings. The molecular formula is C23H22N4O2. The van der Waals surface area contributed by atoms with E-state index in [0.29, 0.717) is 12.2 Å². The molecule has 0 spiro atoms. The Bertz CT molecular complexity index is 1120. The molecule has 1 heterocycles. The van der Waals surface area contributed by atoms with Gasteiger partial charge in [-0.25, -0.2) is 4.68 Å². The van der Waals surface area contributed by atoms with E-state index in [1.807, 2.05) is 86.6 Å². The van der Waals surface area contributed by atoms with Gasteiger partial charge in [0, 0.05) is 5.56 Å². The molecular weight excluding hydrogens is 364 g/mol. The van der Waals surface area contributed by atoms with Crippen molar-refractivity contribution in [1.29, 1.82) is 0 Å². The van der Waals surface area contributed by atoms with Crippen LogP contribution in [0.1, 0.15) is 34.6 Å². The van der Waals surface area contributed by atoms with Crippen LogP contribution in [0.5, 0.6) is 5.75 Å². The van der Waals surface area contributed by atoms with Gasteiger partial charge in [0.05, 0.1) is 12.1 Å². The average Bonchev–Trinajstić information content (AvgIpc) is 3.17. The molecule has 0 aliphatic heterocycles. The average molecular weight is 386 g/mol. The fraction of sp³-hybridized carbons (Fsp3) is 0.174. The van der Waals surface area contributed by atoms with E-state index in [4.69, 9.17) is 4.74 Å². The molecule has 4 rings (SSSR count). The molecule has 6 nitrogen and oxygen atoms in total. The van der Waals surface area contributed by atoms with Gasteiger partial charge in [0.1, 0.15) is 11.3 Å². The Morgan fingerprint density at radius 2 is 1.76 bits per heavy atom. The van der Waals surface area contributed by atoms with Crippen molar-refractivity contribution >= 4 is 16.9 Å². The van der Waals surface area contributed by atoms with E-state index in [1.54, 1.807) is 4.68 Å². The zero-order chi connectivity index (χ0) is 20.2. The number of hydrogen-bond donors (Lipinski definition) is 1. The van der Waals surface area contributed by atoms with Gasteiger partial charge in [-0.15, -0.1) is 5.10 Å². The number of fused-ring (bicyclic) bond motifs is 1. The van der Waals surface area contributed by atoms with Crippen LogP contribution >= 0.6 is 0 Å². The summed E-state index contributed by atoms with van der Waals surface area (Å²) in [4.78, 5) is 12.9. The number of hydrogen-bond acceptors (Lipinski definition) is 4. The maximum atomic E-state index is 12.9. The number of benzene rings is 3. The molecule has 0 aliphatic rings. The van der Waals surface area contributed by atoms with Gasteiger partial charge in [-0.05, 0) is 55.8 Å². The van der Waals surface area contributed by atoms with Crippen LogP contribution in [-0.4, -0.2) is 27.5 Å². The zero-order valence-electron chi connectivity index (χ0n) is 16.4. The normalized spacial score (nSPS) is 11.9. The molecule has 1 N–H and O–H groups in total. The fourth-order valence-corrected chi connectivity index (χ4v) is 3.19. The highest BCUT2D eigenvalue weighted by Crippen LogP contribution is 2.23. The number of para-hydroxylation sites is 1. The van der Waals surface area contributed by atoms with Crippen molar-refractivity contribution in [2.24, 2.45) is 0 Å². The summed E-state index contributed by atoms with van der Waals surface area (Å²) < 4.78 is 7.27. The van der Waals surface area contributed by atoms with Gasteiger partial charge in [0.25, 0.3) is 5.91 Å². The van der Waals surface area contributed by atoms with E-state index in [0.717, 1.165) is 27.9 Å². The number of nitrogens with one attached hydrogen (secondary N) is 1. The highest BCUT2D eigenvalue weighted by Gasteiger charge is 2.21. The number of aromatic nitrogens is 3. The minimum atomic E-state index is -0.508. The second-order valence-electron chi connectivity index (χ2n) is 6.77. The van der Waals surface area contributed by atoms with Crippen LogP contribution in [0.25, 0.3) is 11.0 Å². The van der Waals surface area contributed by atoms with Crippen molar-refractivity contribution in [2.75, 3.05) is 6.61 Å². The van der Waals surface area contributed by atoms with Crippen LogP contribution in [0.2, 0.25) is 0 Å². The van der Waals surface area contributed by atoms with Crippen molar-refractivity contribution < 1.29 is 9.53 Å². The molecule has 0 bridgehead atoms. The summed E-state index contributed by atoms with van der Waals surface area (Å²) in [6, 6.07) is 22.8. The highest BCUT2D eigenvalue weighted by atomic mass is 16.5. The van der Waals surface area contributed by atoms with Gasteiger partial charge in [0.2, 0.25) is 0 Å². The number of ether oxygens (including phenoxy) is 1. The zero-order valence-corrected chi connectivity index (χ0v) is 16.4. The first-order chi connectivity index (χ1) is 14.2. The summed E-state index contributed by atoms with van der Waals surface area (Å²) in [5.74, 6) is 0.603.